The molecule has 0 aliphatic carbocycles. The molecule has 0 spiro atoms. The van der Waals surface area contributed by atoms with Crippen LogP contribution in [-0.2, 0) is 14.6 Å². The van der Waals surface area contributed by atoms with Crippen molar-refractivity contribution in [3.05, 3.63) is 62.4 Å². The van der Waals surface area contributed by atoms with Crippen molar-refractivity contribution in [1.29, 1.82) is 0 Å². The number of aryl methyl sites for hydroxylation is 2. The lowest BCUT2D eigenvalue weighted by Gasteiger charge is -2.21. The van der Waals surface area contributed by atoms with E-state index in [1.54, 1.807) is 19.1 Å². The van der Waals surface area contributed by atoms with E-state index in [9.17, 15) is 28.2 Å². The number of aromatic nitrogens is 2. The molecule has 146 valence electrons. The highest BCUT2D eigenvalue weighted by Crippen LogP contribution is 2.32. The van der Waals surface area contributed by atoms with Crippen LogP contribution in [0.4, 0.5) is 0 Å². The lowest BCUT2D eigenvalue weighted by atomic mass is 10.2. The zero-order valence-electron chi connectivity index (χ0n) is 14.7. The second-order valence-corrected chi connectivity index (χ2v) is 8.63. The van der Waals surface area contributed by atoms with E-state index in [1.807, 2.05) is 0 Å². The number of nitrogens with one attached hydrogen (secondary N) is 1. The highest BCUT2D eigenvalue weighted by molar-refractivity contribution is 7.92. The van der Waals surface area contributed by atoms with Gasteiger partial charge in [-0.3, -0.25) is 14.3 Å². The summed E-state index contributed by atoms with van der Waals surface area (Å²) in [5, 5.41) is 20.6. The Morgan fingerprint density at radius 2 is 1.85 bits per heavy atom. The molecule has 4 atom stereocenters. The van der Waals surface area contributed by atoms with Crippen molar-refractivity contribution in [3.8, 4) is 0 Å². The van der Waals surface area contributed by atoms with Crippen LogP contribution < -0.4 is 11.2 Å². The second kappa shape index (κ2) is 7.04. The summed E-state index contributed by atoms with van der Waals surface area (Å²) >= 11 is 0. The summed E-state index contributed by atoms with van der Waals surface area (Å²) < 4.78 is 31.8. The molecule has 1 fully saturated rings. The summed E-state index contributed by atoms with van der Waals surface area (Å²) in [6.07, 6.45) is -2.63. The molecule has 1 saturated heterocycles. The van der Waals surface area contributed by atoms with Crippen LogP contribution in [0.2, 0.25) is 0 Å². The molecule has 1 aromatic heterocycles. The molecule has 27 heavy (non-hydrogen) atoms. The fourth-order valence-electron chi connectivity index (χ4n) is 2.95. The molecular formula is C17H20N2O7S. The number of aromatic amines is 1. The van der Waals surface area contributed by atoms with Crippen molar-refractivity contribution in [2.75, 3.05) is 0 Å². The van der Waals surface area contributed by atoms with Gasteiger partial charge in [-0.15, -0.1) is 0 Å². The minimum Gasteiger partial charge on any atom is -0.390 e. The molecule has 1 aliphatic heterocycles. The number of ether oxygens (including phenoxy) is 1. The zero-order valence-corrected chi connectivity index (χ0v) is 15.5. The average molecular weight is 396 g/mol. The van der Waals surface area contributed by atoms with E-state index in [4.69, 9.17) is 4.74 Å². The van der Waals surface area contributed by atoms with Gasteiger partial charge in [0.15, 0.2) is 5.44 Å². The first-order chi connectivity index (χ1) is 12.6. The van der Waals surface area contributed by atoms with Crippen LogP contribution in [0.15, 0.2) is 44.9 Å². The van der Waals surface area contributed by atoms with Crippen molar-refractivity contribution in [1.82, 2.24) is 9.55 Å². The fraction of sp³-hybridized carbons (Fsp3) is 0.412. The van der Waals surface area contributed by atoms with Crippen LogP contribution >= 0.6 is 0 Å². The van der Waals surface area contributed by atoms with Crippen LogP contribution in [-0.4, -0.2) is 45.8 Å². The SMILES string of the molecule is Cc1ccc(S(=O)(=O)C(O)[C@H]2O[C@@H](n3cc(C)c(=O)[nH]c3=O)C[C@@H]2O)cc1. The third-order valence-electron chi connectivity index (χ3n) is 4.54. The van der Waals surface area contributed by atoms with Crippen LogP contribution in [0.1, 0.15) is 23.8 Å². The van der Waals surface area contributed by atoms with E-state index in [-0.39, 0.29) is 16.9 Å². The van der Waals surface area contributed by atoms with Crippen LogP contribution in [0.3, 0.4) is 0 Å². The maximum atomic E-state index is 12.6. The smallest absolute Gasteiger partial charge is 0.330 e. The van der Waals surface area contributed by atoms with E-state index in [1.165, 1.54) is 25.3 Å². The lowest BCUT2D eigenvalue weighted by molar-refractivity contribution is -0.0588. The highest BCUT2D eigenvalue weighted by atomic mass is 32.2. The minimum atomic E-state index is -4.18. The Kier molecular flexibility index (Phi) is 5.08. The lowest BCUT2D eigenvalue weighted by Crippen LogP contribution is -2.40. The number of hydrogen-bond acceptors (Lipinski definition) is 7. The molecule has 0 amide bonds. The summed E-state index contributed by atoms with van der Waals surface area (Å²) in [4.78, 5) is 25.5. The van der Waals surface area contributed by atoms with Gasteiger partial charge in [-0.25, -0.2) is 13.2 Å². The first-order valence-electron chi connectivity index (χ1n) is 8.25. The Bertz CT molecular complexity index is 1060. The molecule has 3 N–H and O–H groups in total. The largest absolute Gasteiger partial charge is 0.390 e. The van der Waals surface area contributed by atoms with Crippen molar-refractivity contribution >= 4 is 9.84 Å². The van der Waals surface area contributed by atoms with Crippen molar-refractivity contribution in [3.63, 3.8) is 0 Å². The highest BCUT2D eigenvalue weighted by Gasteiger charge is 2.45. The first-order valence-corrected chi connectivity index (χ1v) is 9.80. The number of benzene rings is 1. The van der Waals surface area contributed by atoms with E-state index >= 15 is 0 Å². The summed E-state index contributed by atoms with van der Waals surface area (Å²) in [7, 11) is -4.18. The number of aliphatic hydroxyl groups excluding tert-OH is 2. The Morgan fingerprint density at radius 3 is 2.48 bits per heavy atom. The molecule has 1 aliphatic rings. The number of aliphatic hydroxyl groups is 2. The van der Waals surface area contributed by atoms with Gasteiger partial charge in [0.05, 0.1) is 11.0 Å². The van der Waals surface area contributed by atoms with E-state index < -0.39 is 45.0 Å². The molecule has 0 bridgehead atoms. The standard InChI is InChI=1S/C17H20N2O7S/c1-9-3-5-11(6-4-9)27(24,25)16(22)14-12(20)7-13(26-14)19-8-10(2)15(21)18-17(19)23/h3-6,8,12-14,16,20,22H,7H2,1-2H3,(H,18,21,23)/t12-,13+,14-,16?/m0/s1. The van der Waals surface area contributed by atoms with Crippen LogP contribution in [0.5, 0.6) is 0 Å². The van der Waals surface area contributed by atoms with Crippen LogP contribution in [0, 0.1) is 13.8 Å². The maximum absolute atomic E-state index is 12.6. The molecule has 10 heteroatoms. The minimum absolute atomic E-state index is 0.100. The van der Waals surface area contributed by atoms with Gasteiger partial charge in [0.1, 0.15) is 12.3 Å². The van der Waals surface area contributed by atoms with Gasteiger partial charge in [0, 0.05) is 18.2 Å². The molecule has 0 radical (unpaired) electrons. The van der Waals surface area contributed by atoms with Gasteiger partial charge in [-0.2, -0.15) is 0 Å². The van der Waals surface area contributed by atoms with Crippen molar-refractivity contribution < 1.29 is 23.4 Å². The van der Waals surface area contributed by atoms with Crippen molar-refractivity contribution in [2.45, 2.75) is 49.0 Å². The number of sulfone groups is 1. The molecule has 3 rings (SSSR count). The summed E-state index contributed by atoms with van der Waals surface area (Å²) in [6.45, 7) is 3.29. The van der Waals surface area contributed by atoms with E-state index in [0.29, 0.717) is 0 Å². The van der Waals surface area contributed by atoms with E-state index in [2.05, 4.69) is 4.98 Å². The van der Waals surface area contributed by atoms with Crippen molar-refractivity contribution in [2.24, 2.45) is 0 Å². The topological polar surface area (TPSA) is 139 Å². The normalized spacial score (nSPS) is 24.1. The summed E-state index contributed by atoms with van der Waals surface area (Å²) in [5.41, 5.74) is -2.20. The predicted molar refractivity (Wildman–Crippen MR) is 95.0 cm³/mol. The molecule has 1 unspecified atom stereocenters. The first kappa shape index (κ1) is 19.5. The Morgan fingerprint density at radius 1 is 1.22 bits per heavy atom. The van der Waals surface area contributed by atoms with E-state index in [0.717, 1.165) is 10.1 Å². The Hall–Kier alpha value is -2.27. The quantitative estimate of drug-likeness (QED) is 0.639. The number of nitrogens with zero attached hydrogens (tertiary/aromatic N) is 1. The van der Waals surface area contributed by atoms with Gasteiger partial charge in [0.25, 0.3) is 5.56 Å². The average Bonchev–Trinajstić information content (AvgIpc) is 2.99. The number of hydrogen-bond donors (Lipinski definition) is 3. The fourth-order valence-corrected chi connectivity index (χ4v) is 4.34. The van der Waals surface area contributed by atoms with Crippen LogP contribution in [0.25, 0.3) is 0 Å². The van der Waals surface area contributed by atoms with Gasteiger partial charge in [-0.1, -0.05) is 17.7 Å². The maximum Gasteiger partial charge on any atom is 0.330 e. The summed E-state index contributed by atoms with van der Waals surface area (Å²) in [6, 6.07) is 5.92. The predicted octanol–water partition coefficient (Wildman–Crippen LogP) is -0.406. The molecular weight excluding hydrogens is 376 g/mol. The third kappa shape index (κ3) is 3.61. The molecule has 9 nitrogen and oxygen atoms in total. The van der Waals surface area contributed by atoms with Gasteiger partial charge in [-0.05, 0) is 26.0 Å². The molecule has 0 saturated carbocycles. The van der Waals surface area contributed by atoms with Gasteiger partial charge >= 0.3 is 5.69 Å². The third-order valence-corrected chi connectivity index (χ3v) is 6.37. The number of rotatable bonds is 4. The van der Waals surface area contributed by atoms with Gasteiger partial charge in [0.2, 0.25) is 9.84 Å². The molecule has 2 heterocycles. The molecule has 1 aromatic carbocycles. The Labute approximate surface area is 154 Å². The second-order valence-electron chi connectivity index (χ2n) is 6.59. The summed E-state index contributed by atoms with van der Waals surface area (Å²) in [5.74, 6) is 0. The Balaban J connectivity index is 1.88. The number of H-pyrrole nitrogens is 1. The zero-order chi connectivity index (χ0) is 19.9. The van der Waals surface area contributed by atoms with Gasteiger partial charge < -0.3 is 14.9 Å². The monoisotopic (exact) mass is 396 g/mol. The molecule has 2 aromatic rings.